The number of benzene rings is 1. The number of rotatable bonds is 2. The van der Waals surface area contributed by atoms with E-state index >= 15 is 0 Å². The maximum absolute atomic E-state index is 4.15. The maximum atomic E-state index is 4.15. The SMILES string of the molecule is Cc1ccc2c(c1)c1c(n2Cc2ccncc2)CCCN(C)C1.Cl.Cl. The molecule has 134 valence electrons. The molecule has 5 heteroatoms. The lowest BCUT2D eigenvalue weighted by Crippen LogP contribution is -2.17. The Morgan fingerprint density at radius 1 is 1.08 bits per heavy atom. The molecule has 3 nitrogen and oxygen atoms in total. The van der Waals surface area contributed by atoms with Crippen LogP contribution in [0, 0.1) is 6.92 Å². The van der Waals surface area contributed by atoms with Crippen LogP contribution in [-0.4, -0.2) is 28.0 Å². The predicted octanol–water partition coefficient (Wildman–Crippen LogP) is 4.61. The van der Waals surface area contributed by atoms with Crippen LogP contribution in [0.15, 0.2) is 42.7 Å². The first-order chi connectivity index (χ1) is 11.2. The van der Waals surface area contributed by atoms with Gasteiger partial charge in [0.15, 0.2) is 0 Å². The summed E-state index contributed by atoms with van der Waals surface area (Å²) in [7, 11) is 2.23. The second kappa shape index (κ2) is 8.22. The summed E-state index contributed by atoms with van der Waals surface area (Å²) in [6.45, 7) is 5.35. The lowest BCUT2D eigenvalue weighted by Gasteiger charge is -2.12. The van der Waals surface area contributed by atoms with Crippen LogP contribution in [0.25, 0.3) is 10.9 Å². The fourth-order valence-corrected chi connectivity index (χ4v) is 3.77. The first-order valence-electron chi connectivity index (χ1n) is 8.40. The minimum Gasteiger partial charge on any atom is -0.340 e. The van der Waals surface area contributed by atoms with Crippen molar-refractivity contribution in [2.75, 3.05) is 13.6 Å². The van der Waals surface area contributed by atoms with Gasteiger partial charge >= 0.3 is 0 Å². The Kier molecular flexibility index (Phi) is 6.50. The van der Waals surface area contributed by atoms with E-state index in [0.29, 0.717) is 0 Å². The third-order valence-electron chi connectivity index (χ3n) is 4.91. The average Bonchev–Trinajstić information content (AvgIpc) is 2.70. The molecule has 0 bridgehead atoms. The zero-order valence-corrected chi connectivity index (χ0v) is 16.4. The van der Waals surface area contributed by atoms with Crippen molar-refractivity contribution in [1.82, 2.24) is 14.5 Å². The van der Waals surface area contributed by atoms with Gasteiger partial charge in [0.2, 0.25) is 0 Å². The minimum atomic E-state index is 0. The van der Waals surface area contributed by atoms with Crippen LogP contribution >= 0.6 is 24.8 Å². The fraction of sp³-hybridized carbons (Fsp3) is 0.350. The van der Waals surface area contributed by atoms with Crippen LogP contribution in [0.2, 0.25) is 0 Å². The highest BCUT2D eigenvalue weighted by Crippen LogP contribution is 2.31. The van der Waals surface area contributed by atoms with Crippen LogP contribution in [0.1, 0.15) is 28.8 Å². The van der Waals surface area contributed by atoms with Gasteiger partial charge in [0.25, 0.3) is 0 Å². The Bertz CT molecular complexity index is 843. The van der Waals surface area contributed by atoms with Crippen molar-refractivity contribution in [3.05, 3.63) is 65.1 Å². The topological polar surface area (TPSA) is 21.1 Å². The predicted molar refractivity (Wildman–Crippen MR) is 109 cm³/mol. The van der Waals surface area contributed by atoms with Crippen molar-refractivity contribution in [3.63, 3.8) is 0 Å². The summed E-state index contributed by atoms with van der Waals surface area (Å²) in [6, 6.07) is 11.1. The van der Waals surface area contributed by atoms with Gasteiger partial charge in [0.1, 0.15) is 0 Å². The van der Waals surface area contributed by atoms with E-state index in [-0.39, 0.29) is 24.8 Å². The van der Waals surface area contributed by atoms with E-state index in [1.165, 1.54) is 52.7 Å². The van der Waals surface area contributed by atoms with Crippen LogP contribution in [-0.2, 0) is 19.5 Å². The number of fused-ring (bicyclic) bond motifs is 3. The molecular formula is C20H25Cl2N3. The Labute approximate surface area is 161 Å². The molecule has 0 fully saturated rings. The van der Waals surface area contributed by atoms with Gasteiger partial charge in [0.05, 0.1) is 0 Å². The Morgan fingerprint density at radius 3 is 2.60 bits per heavy atom. The van der Waals surface area contributed by atoms with E-state index < -0.39 is 0 Å². The highest BCUT2D eigenvalue weighted by molar-refractivity contribution is 5.86. The summed E-state index contributed by atoms with van der Waals surface area (Å²) in [6.07, 6.45) is 6.17. The lowest BCUT2D eigenvalue weighted by molar-refractivity contribution is 0.333. The molecule has 1 aliphatic rings. The third-order valence-corrected chi connectivity index (χ3v) is 4.91. The van der Waals surface area contributed by atoms with E-state index in [4.69, 9.17) is 0 Å². The summed E-state index contributed by atoms with van der Waals surface area (Å²) >= 11 is 0. The number of pyridine rings is 1. The van der Waals surface area contributed by atoms with Crippen LogP contribution in [0.5, 0.6) is 0 Å². The summed E-state index contributed by atoms with van der Waals surface area (Å²) < 4.78 is 2.53. The number of halogens is 2. The van der Waals surface area contributed by atoms with Gasteiger partial charge in [0, 0.05) is 42.1 Å². The summed E-state index contributed by atoms with van der Waals surface area (Å²) in [5.41, 5.74) is 7.07. The molecule has 0 aliphatic carbocycles. The van der Waals surface area contributed by atoms with E-state index in [1.807, 2.05) is 12.4 Å². The molecule has 4 rings (SSSR count). The highest BCUT2D eigenvalue weighted by Gasteiger charge is 2.21. The van der Waals surface area contributed by atoms with E-state index in [9.17, 15) is 0 Å². The first-order valence-corrected chi connectivity index (χ1v) is 8.40. The first kappa shape index (κ1) is 19.8. The standard InChI is InChI=1S/C20H23N3.2ClH/c1-15-5-6-20-17(12-15)18-14-22(2)11-3-4-19(18)23(20)13-16-7-9-21-10-8-16;;/h5-10,12H,3-4,11,13-14H2,1-2H3;2*1H. The van der Waals surface area contributed by atoms with E-state index in [2.05, 4.69) is 58.8 Å². The number of hydrogen-bond acceptors (Lipinski definition) is 2. The summed E-state index contributed by atoms with van der Waals surface area (Å²) in [5, 5.41) is 1.43. The highest BCUT2D eigenvalue weighted by atomic mass is 35.5. The van der Waals surface area contributed by atoms with Crippen molar-refractivity contribution >= 4 is 35.7 Å². The number of aromatic nitrogens is 2. The normalized spacial score (nSPS) is 14.3. The Hall–Kier alpha value is -1.55. The monoisotopic (exact) mass is 377 g/mol. The number of nitrogens with zero attached hydrogens (tertiary/aromatic N) is 3. The lowest BCUT2D eigenvalue weighted by atomic mass is 10.1. The van der Waals surface area contributed by atoms with Crippen molar-refractivity contribution in [1.29, 1.82) is 0 Å². The Balaban J connectivity index is 0.00000113. The molecule has 0 amide bonds. The fourth-order valence-electron chi connectivity index (χ4n) is 3.77. The van der Waals surface area contributed by atoms with Crippen LogP contribution < -0.4 is 0 Å². The van der Waals surface area contributed by atoms with Crippen molar-refractivity contribution in [2.24, 2.45) is 0 Å². The quantitative estimate of drug-likeness (QED) is 0.649. The van der Waals surface area contributed by atoms with Gasteiger partial charge in [-0.3, -0.25) is 4.98 Å². The zero-order valence-electron chi connectivity index (χ0n) is 14.7. The molecule has 0 atom stereocenters. The van der Waals surface area contributed by atoms with Crippen LogP contribution in [0.4, 0.5) is 0 Å². The Morgan fingerprint density at radius 2 is 1.84 bits per heavy atom. The molecule has 3 heterocycles. The van der Waals surface area contributed by atoms with Gasteiger partial charge in [-0.05, 0) is 68.8 Å². The maximum Gasteiger partial charge on any atom is 0.0489 e. The van der Waals surface area contributed by atoms with E-state index in [1.54, 1.807) is 0 Å². The van der Waals surface area contributed by atoms with Gasteiger partial charge in [-0.2, -0.15) is 0 Å². The molecule has 0 N–H and O–H groups in total. The second-order valence-corrected chi connectivity index (χ2v) is 6.73. The largest absolute Gasteiger partial charge is 0.340 e. The zero-order chi connectivity index (χ0) is 15.8. The van der Waals surface area contributed by atoms with Gasteiger partial charge < -0.3 is 9.47 Å². The second-order valence-electron chi connectivity index (χ2n) is 6.73. The molecule has 1 aromatic carbocycles. The molecule has 0 spiro atoms. The summed E-state index contributed by atoms with van der Waals surface area (Å²) in [4.78, 5) is 6.59. The summed E-state index contributed by atoms with van der Waals surface area (Å²) in [5.74, 6) is 0. The van der Waals surface area contributed by atoms with Gasteiger partial charge in [-0.1, -0.05) is 11.6 Å². The molecular weight excluding hydrogens is 353 g/mol. The molecule has 2 aromatic heterocycles. The molecule has 0 unspecified atom stereocenters. The number of hydrogen-bond donors (Lipinski definition) is 0. The van der Waals surface area contributed by atoms with Gasteiger partial charge in [-0.25, -0.2) is 0 Å². The molecule has 1 aliphatic heterocycles. The van der Waals surface area contributed by atoms with Gasteiger partial charge in [-0.15, -0.1) is 24.8 Å². The molecule has 0 radical (unpaired) electrons. The third kappa shape index (κ3) is 3.84. The van der Waals surface area contributed by atoms with Crippen molar-refractivity contribution in [2.45, 2.75) is 32.9 Å². The molecule has 3 aromatic rings. The molecule has 0 saturated heterocycles. The molecule has 0 saturated carbocycles. The van der Waals surface area contributed by atoms with Crippen molar-refractivity contribution in [3.8, 4) is 0 Å². The smallest absolute Gasteiger partial charge is 0.0489 e. The van der Waals surface area contributed by atoms with Crippen LogP contribution in [0.3, 0.4) is 0 Å². The number of aryl methyl sites for hydroxylation is 1. The van der Waals surface area contributed by atoms with E-state index in [0.717, 1.165) is 13.1 Å². The molecule has 25 heavy (non-hydrogen) atoms. The minimum absolute atomic E-state index is 0. The average molecular weight is 378 g/mol. The van der Waals surface area contributed by atoms with Crippen molar-refractivity contribution < 1.29 is 0 Å².